The molecule has 5 N–H and O–H groups in total. The molecule has 1 aromatic carbocycles. The quantitative estimate of drug-likeness (QED) is 0.351. The Hall–Kier alpha value is -3.74. The number of carbonyl (C=O) groups excluding carboxylic acids is 4. The van der Waals surface area contributed by atoms with Gasteiger partial charge in [0.15, 0.2) is 11.5 Å². The Balaban J connectivity index is 2.00. The maximum atomic E-state index is 13.6. The molecule has 1 atom stereocenters. The highest BCUT2D eigenvalue weighted by molar-refractivity contribution is 6.03. The van der Waals surface area contributed by atoms with Crippen LogP contribution in [-0.4, -0.2) is 38.5 Å². The summed E-state index contributed by atoms with van der Waals surface area (Å²) in [5, 5.41) is 14.6. The number of hydroxylamine groups is 1. The molecule has 0 bridgehead atoms. The fourth-order valence-corrected chi connectivity index (χ4v) is 3.83. The number of Topliss-reactive ketones (excluding diaryl/α,β-unsaturated/α-hetero) is 1. The van der Waals surface area contributed by atoms with Gasteiger partial charge in [0, 0.05) is 19.3 Å². The molecule has 1 unspecified atom stereocenters. The van der Waals surface area contributed by atoms with Gasteiger partial charge in [-0.1, -0.05) is 6.92 Å². The zero-order chi connectivity index (χ0) is 25.2. The van der Waals surface area contributed by atoms with Crippen molar-refractivity contribution >= 4 is 29.2 Å². The van der Waals surface area contributed by atoms with Crippen LogP contribution in [0.15, 0.2) is 18.2 Å². The zero-order valence-corrected chi connectivity index (χ0v) is 18.0. The lowest BCUT2D eigenvalue weighted by Gasteiger charge is -2.20. The summed E-state index contributed by atoms with van der Waals surface area (Å²) in [5.74, 6) is -3.00. The van der Waals surface area contributed by atoms with E-state index in [4.69, 9.17) is 10.9 Å². The molecule has 2 aromatic rings. The minimum Gasteiger partial charge on any atom is -0.366 e. The molecule has 13 heteroatoms. The number of fused-ring (bicyclic) bond motifs is 1. The van der Waals surface area contributed by atoms with Crippen LogP contribution in [0.1, 0.15) is 64.7 Å². The number of anilines is 1. The Kier molecular flexibility index (Phi) is 7.05. The molecule has 34 heavy (non-hydrogen) atoms. The van der Waals surface area contributed by atoms with Crippen molar-refractivity contribution in [1.82, 2.24) is 15.3 Å². The Labute approximate surface area is 191 Å². The number of nitrogens with one attached hydrogen (secondary N) is 2. The number of hydrogen-bond donors (Lipinski definition) is 4. The highest BCUT2D eigenvalue weighted by atomic mass is 19.4. The van der Waals surface area contributed by atoms with Crippen LogP contribution >= 0.6 is 0 Å². The Bertz CT molecular complexity index is 1160. The van der Waals surface area contributed by atoms with Crippen LogP contribution in [0.25, 0.3) is 5.69 Å². The number of hydrogen-bond acceptors (Lipinski definition) is 6. The van der Waals surface area contributed by atoms with E-state index >= 15 is 0 Å². The molecule has 1 heterocycles. The number of halogens is 3. The molecular formula is C21H22F3N5O5. The average Bonchev–Trinajstić information content (AvgIpc) is 3.13. The van der Waals surface area contributed by atoms with E-state index < -0.39 is 40.9 Å². The lowest BCUT2D eigenvalue weighted by Crippen LogP contribution is -2.22. The van der Waals surface area contributed by atoms with Gasteiger partial charge in [-0.15, -0.1) is 0 Å². The van der Waals surface area contributed by atoms with Gasteiger partial charge in [-0.2, -0.15) is 18.3 Å². The molecule has 0 saturated heterocycles. The maximum Gasteiger partial charge on any atom is 0.435 e. The summed E-state index contributed by atoms with van der Waals surface area (Å²) in [6, 6.07) is 3.80. The van der Waals surface area contributed by atoms with Gasteiger partial charge in [0.2, 0.25) is 11.8 Å². The number of primary amides is 1. The first-order valence-corrected chi connectivity index (χ1v) is 10.3. The number of ketones is 1. The van der Waals surface area contributed by atoms with E-state index in [1.54, 1.807) is 6.92 Å². The van der Waals surface area contributed by atoms with Crippen molar-refractivity contribution in [2.75, 3.05) is 5.32 Å². The standard InChI is InChI=1S/C21H22F3N5O5/c1-10-7-14-18(15(30)8-10)19(21(22,23)24)27-29(14)11-5-6-12(20(25)33)13(9-11)26-16(31)3-2-4-17(32)28-34/h5-6,9-10,34H,2-4,7-8H2,1H3,(H2,25,33)(H,26,31)(H,28,32). The molecule has 10 nitrogen and oxygen atoms in total. The summed E-state index contributed by atoms with van der Waals surface area (Å²) in [5.41, 5.74) is 5.07. The third-order valence-electron chi connectivity index (χ3n) is 5.32. The first-order valence-electron chi connectivity index (χ1n) is 10.3. The highest BCUT2D eigenvalue weighted by Gasteiger charge is 2.43. The monoisotopic (exact) mass is 481 g/mol. The normalized spacial score (nSPS) is 15.6. The molecule has 0 fully saturated rings. The van der Waals surface area contributed by atoms with Crippen molar-refractivity contribution in [2.24, 2.45) is 11.7 Å². The summed E-state index contributed by atoms with van der Waals surface area (Å²) < 4.78 is 41.8. The van der Waals surface area contributed by atoms with Crippen LogP contribution in [0.2, 0.25) is 0 Å². The third-order valence-corrected chi connectivity index (χ3v) is 5.32. The SMILES string of the molecule is CC1CC(=O)c2c(C(F)(F)F)nn(-c3ccc(C(N)=O)c(NC(=O)CCCC(=O)NO)c3)c2C1. The minimum absolute atomic E-state index is 0.0298. The first kappa shape index (κ1) is 24.9. The maximum absolute atomic E-state index is 13.6. The van der Waals surface area contributed by atoms with Crippen molar-refractivity contribution in [1.29, 1.82) is 0 Å². The van der Waals surface area contributed by atoms with Gasteiger partial charge in [-0.25, -0.2) is 10.2 Å². The predicted octanol–water partition coefficient (Wildman–Crippen LogP) is 2.37. The molecule has 1 aliphatic rings. The van der Waals surface area contributed by atoms with E-state index in [0.29, 0.717) is 0 Å². The Morgan fingerprint density at radius 3 is 2.50 bits per heavy atom. The van der Waals surface area contributed by atoms with Gasteiger partial charge in [0.25, 0.3) is 5.91 Å². The molecule has 0 spiro atoms. The molecular weight excluding hydrogens is 459 g/mol. The van der Waals surface area contributed by atoms with E-state index in [1.807, 2.05) is 0 Å². The molecule has 1 aromatic heterocycles. The number of carbonyl (C=O) groups is 4. The van der Waals surface area contributed by atoms with Crippen molar-refractivity contribution in [2.45, 2.75) is 45.2 Å². The second-order valence-electron chi connectivity index (χ2n) is 8.05. The Morgan fingerprint density at radius 1 is 1.21 bits per heavy atom. The smallest absolute Gasteiger partial charge is 0.366 e. The second-order valence-corrected chi connectivity index (χ2v) is 8.05. The van der Waals surface area contributed by atoms with E-state index in [1.165, 1.54) is 23.7 Å². The summed E-state index contributed by atoms with van der Waals surface area (Å²) in [4.78, 5) is 47.6. The van der Waals surface area contributed by atoms with E-state index in [2.05, 4.69) is 10.4 Å². The minimum atomic E-state index is -4.85. The summed E-state index contributed by atoms with van der Waals surface area (Å²) in [7, 11) is 0. The lowest BCUT2D eigenvalue weighted by molar-refractivity contribution is -0.141. The van der Waals surface area contributed by atoms with Crippen LogP contribution in [0, 0.1) is 5.92 Å². The van der Waals surface area contributed by atoms with E-state index in [0.717, 1.165) is 4.68 Å². The molecule has 0 aliphatic heterocycles. The molecule has 3 rings (SSSR count). The van der Waals surface area contributed by atoms with Crippen LogP contribution in [-0.2, 0) is 22.2 Å². The molecule has 1 aliphatic carbocycles. The molecule has 182 valence electrons. The zero-order valence-electron chi connectivity index (χ0n) is 18.0. The lowest BCUT2D eigenvalue weighted by atomic mass is 9.87. The second kappa shape index (κ2) is 9.63. The molecule has 0 saturated carbocycles. The van der Waals surface area contributed by atoms with Gasteiger partial charge >= 0.3 is 6.18 Å². The summed E-state index contributed by atoms with van der Waals surface area (Å²) in [6.45, 7) is 1.74. The summed E-state index contributed by atoms with van der Waals surface area (Å²) in [6.07, 6.45) is -4.88. The number of alkyl halides is 3. The van der Waals surface area contributed by atoms with Crippen LogP contribution in [0.5, 0.6) is 0 Å². The Morgan fingerprint density at radius 2 is 1.88 bits per heavy atom. The highest BCUT2D eigenvalue weighted by Crippen LogP contribution is 2.38. The molecule has 0 radical (unpaired) electrons. The van der Waals surface area contributed by atoms with Crippen LogP contribution in [0.3, 0.4) is 0 Å². The topological polar surface area (TPSA) is 156 Å². The number of nitrogens with zero attached hydrogens (tertiary/aromatic N) is 2. The van der Waals surface area contributed by atoms with E-state index in [9.17, 15) is 32.3 Å². The number of nitrogens with two attached hydrogens (primary N) is 1. The fourth-order valence-electron chi connectivity index (χ4n) is 3.83. The third kappa shape index (κ3) is 5.25. The predicted molar refractivity (Wildman–Crippen MR) is 111 cm³/mol. The number of amides is 3. The number of aromatic nitrogens is 2. The van der Waals surface area contributed by atoms with E-state index in [-0.39, 0.29) is 60.7 Å². The number of benzene rings is 1. The summed E-state index contributed by atoms with van der Waals surface area (Å²) >= 11 is 0. The number of rotatable bonds is 7. The van der Waals surface area contributed by atoms with Crippen molar-refractivity contribution in [3.8, 4) is 5.69 Å². The van der Waals surface area contributed by atoms with Gasteiger partial charge in [-0.05, 0) is 37.0 Å². The van der Waals surface area contributed by atoms with Crippen LogP contribution in [0.4, 0.5) is 18.9 Å². The van der Waals surface area contributed by atoms with Gasteiger partial charge in [0.05, 0.1) is 28.2 Å². The van der Waals surface area contributed by atoms with Gasteiger partial charge < -0.3 is 11.1 Å². The molecule has 3 amide bonds. The van der Waals surface area contributed by atoms with Crippen molar-refractivity contribution in [3.63, 3.8) is 0 Å². The van der Waals surface area contributed by atoms with Crippen molar-refractivity contribution < 1.29 is 37.6 Å². The van der Waals surface area contributed by atoms with Crippen molar-refractivity contribution in [3.05, 3.63) is 40.7 Å². The average molecular weight is 481 g/mol. The largest absolute Gasteiger partial charge is 0.435 e. The fraction of sp³-hybridized carbons (Fsp3) is 0.381. The van der Waals surface area contributed by atoms with Gasteiger partial charge in [-0.3, -0.25) is 24.4 Å². The van der Waals surface area contributed by atoms with Gasteiger partial charge in [0.1, 0.15) is 0 Å². The van der Waals surface area contributed by atoms with Crippen LogP contribution < -0.4 is 16.5 Å². The first-order chi connectivity index (χ1) is 15.9.